The van der Waals surface area contributed by atoms with Gasteiger partial charge in [-0.05, 0) is 29.7 Å². The maximum absolute atomic E-state index is 6.05. The molecule has 5 nitrogen and oxygen atoms in total. The van der Waals surface area contributed by atoms with Crippen LogP contribution < -0.4 is 14.8 Å². The van der Waals surface area contributed by atoms with Crippen LogP contribution in [-0.2, 0) is 6.42 Å². The van der Waals surface area contributed by atoms with Gasteiger partial charge >= 0.3 is 0 Å². The highest BCUT2D eigenvalue weighted by molar-refractivity contribution is 6.28. The Morgan fingerprint density at radius 1 is 1.00 bits per heavy atom. The van der Waals surface area contributed by atoms with Crippen LogP contribution in [0.2, 0.25) is 5.28 Å². The Morgan fingerprint density at radius 2 is 1.71 bits per heavy atom. The number of nitrogens with zero attached hydrogens (tertiary/aromatic N) is 2. The minimum absolute atomic E-state index is 0.192. The number of hydrogen-bond donors (Lipinski definition) is 1. The number of anilines is 1. The Hall–Kier alpha value is -2.53. The molecule has 0 fully saturated rings. The summed E-state index contributed by atoms with van der Waals surface area (Å²) in [5, 5.41) is 4.36. The highest BCUT2D eigenvalue weighted by Crippen LogP contribution is 2.34. The largest absolute Gasteiger partial charge is 0.493 e. The van der Waals surface area contributed by atoms with Gasteiger partial charge in [-0.25, -0.2) is 9.97 Å². The molecule has 1 heterocycles. The van der Waals surface area contributed by atoms with Crippen LogP contribution in [0.4, 0.5) is 5.82 Å². The molecule has 0 aliphatic carbocycles. The molecule has 0 spiro atoms. The number of methoxy groups -OCH3 is 2. The molecule has 6 heteroatoms. The average Bonchev–Trinajstić information content (AvgIpc) is 2.61. The van der Waals surface area contributed by atoms with E-state index in [1.54, 1.807) is 20.3 Å². The fraction of sp³-hybridized carbons (Fsp3) is 0.222. The highest BCUT2D eigenvalue weighted by atomic mass is 35.5. The van der Waals surface area contributed by atoms with Crippen molar-refractivity contribution >= 4 is 28.3 Å². The Labute approximate surface area is 145 Å². The summed E-state index contributed by atoms with van der Waals surface area (Å²) in [7, 11) is 3.19. The van der Waals surface area contributed by atoms with Crippen molar-refractivity contribution in [3.63, 3.8) is 0 Å². The quantitative estimate of drug-likeness (QED) is 0.687. The normalized spacial score (nSPS) is 10.6. The third-order valence-electron chi connectivity index (χ3n) is 3.72. The lowest BCUT2D eigenvalue weighted by Crippen LogP contribution is -2.07. The average molecular weight is 344 g/mol. The van der Waals surface area contributed by atoms with Crippen LogP contribution in [0.3, 0.4) is 0 Å². The molecule has 0 saturated heterocycles. The summed E-state index contributed by atoms with van der Waals surface area (Å²) in [5.74, 6) is 1.92. The van der Waals surface area contributed by atoms with E-state index in [-0.39, 0.29) is 5.28 Å². The molecule has 0 amide bonds. The number of aromatic nitrogens is 2. The summed E-state index contributed by atoms with van der Waals surface area (Å²) in [6, 6.07) is 13.9. The van der Waals surface area contributed by atoms with Crippen molar-refractivity contribution in [3.05, 3.63) is 53.3 Å². The third kappa shape index (κ3) is 3.51. The van der Waals surface area contributed by atoms with E-state index in [0.717, 1.165) is 18.4 Å². The van der Waals surface area contributed by atoms with Crippen LogP contribution in [0, 0.1) is 0 Å². The molecule has 124 valence electrons. The number of halogens is 1. The summed E-state index contributed by atoms with van der Waals surface area (Å²) in [4.78, 5) is 8.58. The van der Waals surface area contributed by atoms with E-state index >= 15 is 0 Å². The molecule has 0 atom stereocenters. The predicted molar refractivity (Wildman–Crippen MR) is 96.3 cm³/mol. The van der Waals surface area contributed by atoms with E-state index in [1.165, 1.54) is 5.56 Å². The van der Waals surface area contributed by atoms with E-state index in [4.69, 9.17) is 21.1 Å². The summed E-state index contributed by atoms with van der Waals surface area (Å²) in [5.41, 5.74) is 1.96. The van der Waals surface area contributed by atoms with Crippen LogP contribution in [-0.4, -0.2) is 30.7 Å². The van der Waals surface area contributed by atoms with Gasteiger partial charge in [0.25, 0.3) is 0 Å². The minimum atomic E-state index is 0.192. The van der Waals surface area contributed by atoms with Crippen molar-refractivity contribution in [1.82, 2.24) is 9.97 Å². The maximum Gasteiger partial charge on any atom is 0.224 e. The summed E-state index contributed by atoms with van der Waals surface area (Å²) < 4.78 is 10.7. The summed E-state index contributed by atoms with van der Waals surface area (Å²) in [6.07, 6.45) is 0.886. The molecule has 0 unspecified atom stereocenters. The maximum atomic E-state index is 6.05. The third-order valence-corrected chi connectivity index (χ3v) is 3.89. The molecule has 1 aromatic heterocycles. The second-order valence-corrected chi connectivity index (χ2v) is 5.57. The molecule has 0 bridgehead atoms. The van der Waals surface area contributed by atoms with Gasteiger partial charge in [0, 0.05) is 18.0 Å². The van der Waals surface area contributed by atoms with Crippen molar-refractivity contribution in [2.75, 3.05) is 26.1 Å². The second kappa shape index (κ2) is 7.36. The van der Waals surface area contributed by atoms with Crippen LogP contribution in [0.1, 0.15) is 5.56 Å². The predicted octanol–water partition coefficient (Wildman–Crippen LogP) is 3.96. The van der Waals surface area contributed by atoms with Crippen LogP contribution >= 0.6 is 11.6 Å². The van der Waals surface area contributed by atoms with E-state index < -0.39 is 0 Å². The first-order valence-electron chi connectivity index (χ1n) is 7.58. The molecule has 0 saturated carbocycles. The van der Waals surface area contributed by atoms with Gasteiger partial charge in [0.1, 0.15) is 5.82 Å². The number of hydrogen-bond acceptors (Lipinski definition) is 5. The first-order chi connectivity index (χ1) is 11.7. The van der Waals surface area contributed by atoms with Gasteiger partial charge in [-0.2, -0.15) is 0 Å². The smallest absolute Gasteiger partial charge is 0.224 e. The van der Waals surface area contributed by atoms with Crippen molar-refractivity contribution in [3.8, 4) is 11.5 Å². The zero-order valence-corrected chi connectivity index (χ0v) is 14.3. The van der Waals surface area contributed by atoms with E-state index in [1.807, 2.05) is 24.3 Å². The Morgan fingerprint density at radius 3 is 2.42 bits per heavy atom. The summed E-state index contributed by atoms with van der Waals surface area (Å²) in [6.45, 7) is 0.737. The van der Waals surface area contributed by atoms with Crippen molar-refractivity contribution in [2.45, 2.75) is 6.42 Å². The number of benzene rings is 2. The second-order valence-electron chi connectivity index (χ2n) is 5.23. The molecule has 3 aromatic rings. The first kappa shape index (κ1) is 16.3. The van der Waals surface area contributed by atoms with Crippen molar-refractivity contribution in [2.24, 2.45) is 0 Å². The lowest BCUT2D eigenvalue weighted by Gasteiger charge is -2.12. The van der Waals surface area contributed by atoms with Gasteiger partial charge in [-0.15, -0.1) is 0 Å². The molecule has 0 aliphatic rings. The molecule has 1 N–H and O–H groups in total. The standard InChI is InChI=1S/C18H18ClN3O2/c1-23-15-10-13-14(11-16(15)24-2)21-18(19)22-17(13)20-9-8-12-6-4-3-5-7-12/h3-7,10-11H,8-9H2,1-2H3,(H,20,21,22). The van der Waals surface area contributed by atoms with E-state index in [9.17, 15) is 0 Å². The highest BCUT2D eigenvalue weighted by Gasteiger charge is 2.12. The van der Waals surface area contributed by atoms with Gasteiger partial charge in [0.2, 0.25) is 5.28 Å². The zero-order chi connectivity index (χ0) is 16.9. The van der Waals surface area contributed by atoms with Crippen molar-refractivity contribution < 1.29 is 9.47 Å². The molecule has 3 rings (SSSR count). The SMILES string of the molecule is COc1cc2nc(Cl)nc(NCCc3ccccc3)c2cc1OC. The van der Waals surface area contributed by atoms with Crippen LogP contribution in [0.15, 0.2) is 42.5 Å². The topological polar surface area (TPSA) is 56.3 Å². The van der Waals surface area contributed by atoms with Gasteiger partial charge in [0.05, 0.1) is 19.7 Å². The van der Waals surface area contributed by atoms with Crippen LogP contribution in [0.5, 0.6) is 11.5 Å². The number of ether oxygens (including phenoxy) is 2. The Balaban J connectivity index is 1.88. The number of nitrogens with one attached hydrogen (secondary N) is 1. The fourth-order valence-electron chi connectivity index (χ4n) is 2.53. The summed E-state index contributed by atoms with van der Waals surface area (Å²) >= 11 is 6.05. The molecule has 0 radical (unpaired) electrons. The minimum Gasteiger partial charge on any atom is -0.493 e. The van der Waals surface area contributed by atoms with Gasteiger partial charge in [-0.3, -0.25) is 0 Å². The van der Waals surface area contributed by atoms with E-state index in [2.05, 4.69) is 27.4 Å². The van der Waals surface area contributed by atoms with E-state index in [0.29, 0.717) is 22.8 Å². The lowest BCUT2D eigenvalue weighted by molar-refractivity contribution is 0.356. The Bertz CT molecular complexity index is 841. The number of fused-ring (bicyclic) bond motifs is 1. The van der Waals surface area contributed by atoms with Gasteiger partial charge in [-0.1, -0.05) is 30.3 Å². The van der Waals surface area contributed by atoms with Crippen LogP contribution in [0.25, 0.3) is 10.9 Å². The number of rotatable bonds is 6. The van der Waals surface area contributed by atoms with Crippen molar-refractivity contribution in [1.29, 1.82) is 0 Å². The van der Waals surface area contributed by atoms with Gasteiger partial charge < -0.3 is 14.8 Å². The molecule has 2 aromatic carbocycles. The molecular formula is C18H18ClN3O2. The fourth-order valence-corrected chi connectivity index (χ4v) is 2.71. The molecular weight excluding hydrogens is 326 g/mol. The first-order valence-corrected chi connectivity index (χ1v) is 7.96. The molecule has 24 heavy (non-hydrogen) atoms. The lowest BCUT2D eigenvalue weighted by atomic mass is 10.1. The molecule has 0 aliphatic heterocycles. The monoisotopic (exact) mass is 343 g/mol. The Kier molecular flexibility index (Phi) is 5.01. The zero-order valence-electron chi connectivity index (χ0n) is 13.5. The van der Waals surface area contributed by atoms with Gasteiger partial charge in [0.15, 0.2) is 11.5 Å².